The molecule has 0 atom stereocenters. The molecule has 0 radical (unpaired) electrons. The molecule has 2 rings (SSSR count). The fraction of sp³-hybridized carbons (Fsp3) is 0.222. The first-order chi connectivity index (χ1) is 11.5. The lowest BCUT2D eigenvalue weighted by Gasteiger charge is -2.09. The van der Waals surface area contributed by atoms with Gasteiger partial charge in [-0.1, -0.05) is 35.9 Å². The van der Waals surface area contributed by atoms with Gasteiger partial charge in [-0.05, 0) is 43.2 Å². The summed E-state index contributed by atoms with van der Waals surface area (Å²) >= 11 is 7.19. The van der Waals surface area contributed by atoms with Gasteiger partial charge < -0.3 is 10.6 Å². The number of hydrogen-bond acceptors (Lipinski definition) is 3. The third-order valence-electron chi connectivity index (χ3n) is 3.36. The van der Waals surface area contributed by atoms with Crippen LogP contribution in [-0.4, -0.2) is 23.3 Å². The van der Waals surface area contributed by atoms with Gasteiger partial charge in [0.25, 0.3) is 0 Å². The number of rotatable bonds is 6. The second-order valence-corrected chi connectivity index (χ2v) is 6.79. The number of carbonyl (C=O) groups is 2. The Labute approximate surface area is 151 Å². The molecule has 126 valence electrons. The molecular formula is C18H19ClN2O2S. The molecule has 6 heteroatoms. The number of aryl methyl sites for hydroxylation is 2. The number of benzene rings is 2. The van der Waals surface area contributed by atoms with Gasteiger partial charge in [0.15, 0.2) is 0 Å². The van der Waals surface area contributed by atoms with Gasteiger partial charge in [-0.25, -0.2) is 0 Å². The van der Waals surface area contributed by atoms with Gasteiger partial charge in [0.1, 0.15) is 0 Å². The van der Waals surface area contributed by atoms with Gasteiger partial charge in [0, 0.05) is 16.4 Å². The van der Waals surface area contributed by atoms with Crippen LogP contribution in [0.5, 0.6) is 0 Å². The minimum absolute atomic E-state index is 0.124. The monoisotopic (exact) mass is 362 g/mol. The largest absolute Gasteiger partial charge is 0.325 e. The Morgan fingerprint density at radius 3 is 2.17 bits per heavy atom. The van der Waals surface area contributed by atoms with Gasteiger partial charge in [-0.3, -0.25) is 9.59 Å². The lowest BCUT2D eigenvalue weighted by molar-refractivity contribution is -0.114. The third-order valence-corrected chi connectivity index (χ3v) is 4.53. The SMILES string of the molecule is Cc1ccccc1NC(=O)CSCC(=O)Nc1cc(Cl)ccc1C. The highest BCUT2D eigenvalue weighted by Gasteiger charge is 2.09. The molecule has 0 fully saturated rings. The van der Waals surface area contributed by atoms with Crippen molar-refractivity contribution < 1.29 is 9.59 Å². The highest BCUT2D eigenvalue weighted by atomic mass is 35.5. The van der Waals surface area contributed by atoms with E-state index in [0.717, 1.165) is 16.8 Å². The maximum atomic E-state index is 12.0. The number of carbonyl (C=O) groups excluding carboxylic acids is 2. The predicted molar refractivity (Wildman–Crippen MR) is 102 cm³/mol. The smallest absolute Gasteiger partial charge is 0.234 e. The molecule has 0 spiro atoms. The van der Waals surface area contributed by atoms with Crippen molar-refractivity contribution in [1.29, 1.82) is 0 Å². The molecule has 0 saturated heterocycles. The van der Waals surface area contributed by atoms with E-state index in [-0.39, 0.29) is 23.3 Å². The van der Waals surface area contributed by atoms with Crippen LogP contribution in [0.15, 0.2) is 42.5 Å². The van der Waals surface area contributed by atoms with Crippen molar-refractivity contribution in [2.75, 3.05) is 22.1 Å². The Bertz CT molecular complexity index is 750. The number of nitrogens with one attached hydrogen (secondary N) is 2. The average molecular weight is 363 g/mol. The number of para-hydroxylation sites is 1. The van der Waals surface area contributed by atoms with E-state index >= 15 is 0 Å². The minimum atomic E-state index is -0.158. The fourth-order valence-electron chi connectivity index (χ4n) is 2.05. The molecule has 0 aliphatic heterocycles. The summed E-state index contributed by atoms with van der Waals surface area (Å²) < 4.78 is 0. The van der Waals surface area contributed by atoms with E-state index in [4.69, 9.17) is 11.6 Å². The fourth-order valence-corrected chi connectivity index (χ4v) is 2.84. The molecule has 4 nitrogen and oxygen atoms in total. The number of thioether (sulfide) groups is 1. The second kappa shape index (κ2) is 8.76. The van der Waals surface area contributed by atoms with Crippen LogP contribution in [-0.2, 0) is 9.59 Å². The molecule has 2 N–H and O–H groups in total. The van der Waals surface area contributed by atoms with Crippen LogP contribution in [0, 0.1) is 13.8 Å². The molecule has 2 amide bonds. The maximum absolute atomic E-state index is 12.0. The summed E-state index contributed by atoms with van der Waals surface area (Å²) in [5, 5.41) is 6.22. The van der Waals surface area contributed by atoms with Gasteiger partial charge in [0.2, 0.25) is 11.8 Å². The summed E-state index contributed by atoms with van der Waals surface area (Å²) in [7, 11) is 0. The van der Waals surface area contributed by atoms with Crippen LogP contribution in [0.4, 0.5) is 11.4 Å². The Morgan fingerprint density at radius 1 is 0.917 bits per heavy atom. The van der Waals surface area contributed by atoms with Crippen LogP contribution in [0.1, 0.15) is 11.1 Å². The Hall–Kier alpha value is -1.98. The summed E-state index contributed by atoms with van der Waals surface area (Å²) in [5.74, 6) is 0.138. The summed E-state index contributed by atoms with van der Waals surface area (Å²) in [5.41, 5.74) is 3.43. The van der Waals surface area contributed by atoms with E-state index in [9.17, 15) is 9.59 Å². The summed E-state index contributed by atoms with van der Waals surface area (Å²) in [6.07, 6.45) is 0. The quantitative estimate of drug-likeness (QED) is 0.806. The summed E-state index contributed by atoms with van der Waals surface area (Å²) in [4.78, 5) is 23.9. The van der Waals surface area contributed by atoms with Crippen molar-refractivity contribution in [3.05, 3.63) is 58.6 Å². The van der Waals surface area contributed by atoms with E-state index in [0.29, 0.717) is 10.7 Å². The normalized spacial score (nSPS) is 10.3. The summed E-state index contributed by atoms with van der Waals surface area (Å²) in [6.45, 7) is 3.83. The molecular weight excluding hydrogens is 344 g/mol. The lowest BCUT2D eigenvalue weighted by Crippen LogP contribution is -2.19. The topological polar surface area (TPSA) is 58.2 Å². The van der Waals surface area contributed by atoms with Crippen LogP contribution in [0.25, 0.3) is 0 Å². The average Bonchev–Trinajstić information content (AvgIpc) is 2.53. The number of halogens is 1. The van der Waals surface area contributed by atoms with Gasteiger partial charge in [0.05, 0.1) is 11.5 Å². The predicted octanol–water partition coefficient (Wildman–Crippen LogP) is 4.27. The Morgan fingerprint density at radius 2 is 1.50 bits per heavy atom. The zero-order valence-electron chi connectivity index (χ0n) is 13.6. The Balaban J connectivity index is 1.77. The molecule has 0 aliphatic rings. The van der Waals surface area contributed by atoms with Crippen LogP contribution in [0.3, 0.4) is 0 Å². The molecule has 0 bridgehead atoms. The van der Waals surface area contributed by atoms with Crippen molar-refractivity contribution in [2.24, 2.45) is 0 Å². The summed E-state index contributed by atoms with van der Waals surface area (Å²) in [6, 6.07) is 12.9. The van der Waals surface area contributed by atoms with E-state index in [2.05, 4.69) is 10.6 Å². The van der Waals surface area contributed by atoms with Crippen molar-refractivity contribution in [3.8, 4) is 0 Å². The number of amides is 2. The van der Waals surface area contributed by atoms with Gasteiger partial charge in [-0.15, -0.1) is 11.8 Å². The lowest BCUT2D eigenvalue weighted by atomic mass is 10.2. The van der Waals surface area contributed by atoms with E-state index in [1.807, 2.05) is 44.2 Å². The standard InChI is InChI=1S/C18H19ClN2O2S/c1-12-5-3-4-6-15(12)20-17(22)10-24-11-18(23)21-16-9-14(19)8-7-13(16)2/h3-9H,10-11H2,1-2H3,(H,20,22)(H,21,23). The number of anilines is 2. The molecule has 0 aliphatic carbocycles. The van der Waals surface area contributed by atoms with Gasteiger partial charge in [-0.2, -0.15) is 0 Å². The van der Waals surface area contributed by atoms with Crippen molar-refractivity contribution in [1.82, 2.24) is 0 Å². The van der Waals surface area contributed by atoms with E-state index < -0.39 is 0 Å². The van der Waals surface area contributed by atoms with Crippen molar-refractivity contribution in [2.45, 2.75) is 13.8 Å². The van der Waals surface area contributed by atoms with Crippen LogP contribution >= 0.6 is 23.4 Å². The maximum Gasteiger partial charge on any atom is 0.234 e. The number of hydrogen-bond donors (Lipinski definition) is 2. The highest BCUT2D eigenvalue weighted by molar-refractivity contribution is 8.00. The molecule has 2 aromatic rings. The van der Waals surface area contributed by atoms with Crippen LogP contribution < -0.4 is 10.6 Å². The zero-order valence-corrected chi connectivity index (χ0v) is 15.1. The highest BCUT2D eigenvalue weighted by Crippen LogP contribution is 2.20. The van der Waals surface area contributed by atoms with Crippen molar-refractivity contribution >= 4 is 46.6 Å². The first-order valence-corrected chi connectivity index (χ1v) is 8.98. The minimum Gasteiger partial charge on any atom is -0.325 e. The molecule has 0 aromatic heterocycles. The molecule has 0 unspecified atom stereocenters. The molecule has 2 aromatic carbocycles. The molecule has 0 saturated carbocycles. The van der Waals surface area contributed by atoms with E-state index in [1.54, 1.807) is 12.1 Å². The Kier molecular flexibility index (Phi) is 6.70. The van der Waals surface area contributed by atoms with E-state index in [1.165, 1.54) is 11.8 Å². The first-order valence-electron chi connectivity index (χ1n) is 7.45. The molecule has 0 heterocycles. The second-order valence-electron chi connectivity index (χ2n) is 5.36. The zero-order chi connectivity index (χ0) is 17.5. The molecule has 24 heavy (non-hydrogen) atoms. The third kappa shape index (κ3) is 5.58. The first kappa shape index (κ1) is 18.4. The van der Waals surface area contributed by atoms with Gasteiger partial charge >= 0.3 is 0 Å². The van der Waals surface area contributed by atoms with Crippen molar-refractivity contribution in [3.63, 3.8) is 0 Å². The van der Waals surface area contributed by atoms with Crippen LogP contribution in [0.2, 0.25) is 5.02 Å².